The predicted octanol–water partition coefficient (Wildman–Crippen LogP) is 4.14. The Hall–Kier alpha value is -2.69. The third kappa shape index (κ3) is 6.48. The molecule has 1 saturated carbocycles. The molecule has 0 aliphatic heterocycles. The highest BCUT2D eigenvalue weighted by Gasteiger charge is 2.16. The molecule has 0 spiro atoms. The zero-order valence-electron chi connectivity index (χ0n) is 16.5. The number of rotatable bonds is 10. The number of methoxy groups -OCH3 is 1. The lowest BCUT2D eigenvalue weighted by Crippen LogP contribution is -2.28. The molecule has 0 atom stereocenters. The van der Waals surface area contributed by atoms with Gasteiger partial charge in [-0.25, -0.2) is 0 Å². The Kier molecular flexibility index (Phi) is 7.59. The summed E-state index contributed by atoms with van der Waals surface area (Å²) in [6.45, 7) is 0.893. The molecule has 0 aromatic heterocycles. The van der Waals surface area contributed by atoms with Gasteiger partial charge in [-0.05, 0) is 61.9 Å². The van der Waals surface area contributed by atoms with Gasteiger partial charge in [0.2, 0.25) is 5.91 Å². The Morgan fingerprint density at radius 2 is 1.79 bits per heavy atom. The quantitative estimate of drug-likeness (QED) is 0.627. The van der Waals surface area contributed by atoms with E-state index in [1.165, 1.54) is 12.8 Å². The van der Waals surface area contributed by atoms with Crippen molar-refractivity contribution in [2.24, 2.45) is 0 Å². The minimum atomic E-state index is 0.0244. The molecule has 28 heavy (non-hydrogen) atoms. The lowest BCUT2D eigenvalue weighted by atomic mass is 10.1. The van der Waals surface area contributed by atoms with Gasteiger partial charge in [-0.15, -0.1) is 0 Å². The van der Waals surface area contributed by atoms with Gasteiger partial charge in [-0.3, -0.25) is 4.79 Å². The summed E-state index contributed by atoms with van der Waals surface area (Å²) in [5.41, 5.74) is 1.12. The molecule has 0 bridgehead atoms. The number of benzene rings is 2. The van der Waals surface area contributed by atoms with Crippen LogP contribution < -0.4 is 19.5 Å². The Balaban J connectivity index is 1.34. The molecule has 150 valence electrons. The highest BCUT2D eigenvalue weighted by atomic mass is 16.5. The molecule has 2 aromatic rings. The van der Waals surface area contributed by atoms with Crippen molar-refractivity contribution in [2.45, 2.75) is 44.6 Å². The van der Waals surface area contributed by atoms with Crippen LogP contribution in [-0.2, 0) is 11.2 Å². The van der Waals surface area contributed by atoms with E-state index < -0.39 is 0 Å². The normalized spacial score (nSPS) is 13.9. The predicted molar refractivity (Wildman–Crippen MR) is 109 cm³/mol. The first kappa shape index (κ1) is 20.1. The van der Waals surface area contributed by atoms with Crippen molar-refractivity contribution in [2.75, 3.05) is 20.3 Å². The molecule has 1 fully saturated rings. The Morgan fingerprint density at radius 1 is 1.04 bits per heavy atom. The zero-order chi connectivity index (χ0) is 19.6. The molecule has 5 heteroatoms. The number of hydrogen-bond donors (Lipinski definition) is 1. The lowest BCUT2D eigenvalue weighted by molar-refractivity contribution is -0.121. The lowest BCUT2D eigenvalue weighted by Gasteiger charge is -2.14. The number of ether oxygens (including phenoxy) is 3. The molecule has 3 rings (SSSR count). The number of carbonyl (C=O) groups is 1. The van der Waals surface area contributed by atoms with E-state index in [9.17, 15) is 4.79 Å². The molecule has 0 radical (unpaired) electrons. The molecular formula is C23H29NO4. The smallest absolute Gasteiger partial charge is 0.220 e. The van der Waals surface area contributed by atoms with Gasteiger partial charge in [-0.2, -0.15) is 0 Å². The van der Waals surface area contributed by atoms with Crippen molar-refractivity contribution in [3.05, 3.63) is 54.1 Å². The summed E-state index contributed by atoms with van der Waals surface area (Å²) in [7, 11) is 1.62. The molecule has 5 nitrogen and oxygen atoms in total. The van der Waals surface area contributed by atoms with Crippen molar-refractivity contribution in [1.82, 2.24) is 5.32 Å². The number of nitrogens with one attached hydrogen (secondary N) is 1. The van der Waals surface area contributed by atoms with Gasteiger partial charge < -0.3 is 19.5 Å². The summed E-state index contributed by atoms with van der Waals surface area (Å²) in [5, 5.41) is 2.90. The Labute approximate surface area is 167 Å². The first-order valence-corrected chi connectivity index (χ1v) is 10.0. The molecule has 0 saturated heterocycles. The highest BCUT2D eigenvalue weighted by molar-refractivity contribution is 5.76. The van der Waals surface area contributed by atoms with E-state index in [2.05, 4.69) is 11.4 Å². The fourth-order valence-corrected chi connectivity index (χ4v) is 3.37. The number of amides is 1. The summed E-state index contributed by atoms with van der Waals surface area (Å²) in [5.74, 6) is 2.42. The van der Waals surface area contributed by atoms with E-state index in [1.807, 2.05) is 42.5 Å². The molecule has 1 aliphatic rings. The second kappa shape index (κ2) is 10.6. The van der Waals surface area contributed by atoms with Crippen LogP contribution in [0.25, 0.3) is 0 Å². The summed E-state index contributed by atoms with van der Waals surface area (Å²) in [6.07, 6.45) is 6.30. The maximum atomic E-state index is 12.1. The van der Waals surface area contributed by atoms with Gasteiger partial charge in [0.25, 0.3) is 0 Å². The maximum absolute atomic E-state index is 12.1. The molecular weight excluding hydrogens is 354 g/mol. The van der Waals surface area contributed by atoms with Gasteiger partial charge in [0.15, 0.2) is 0 Å². The summed E-state index contributed by atoms with van der Waals surface area (Å²) in [4.78, 5) is 12.1. The van der Waals surface area contributed by atoms with Crippen LogP contribution in [0.15, 0.2) is 48.5 Å². The van der Waals surface area contributed by atoms with Crippen LogP contribution in [0.4, 0.5) is 0 Å². The second-order valence-corrected chi connectivity index (χ2v) is 7.05. The highest BCUT2D eigenvalue weighted by Crippen LogP contribution is 2.25. The topological polar surface area (TPSA) is 56.8 Å². The average molecular weight is 383 g/mol. The Morgan fingerprint density at radius 3 is 2.61 bits per heavy atom. The molecule has 2 aromatic carbocycles. The van der Waals surface area contributed by atoms with Crippen LogP contribution in [-0.4, -0.2) is 32.3 Å². The van der Waals surface area contributed by atoms with Gasteiger partial charge in [0, 0.05) is 12.5 Å². The van der Waals surface area contributed by atoms with Crippen molar-refractivity contribution < 1.29 is 19.0 Å². The fourth-order valence-electron chi connectivity index (χ4n) is 3.37. The van der Waals surface area contributed by atoms with Crippen molar-refractivity contribution in [3.8, 4) is 17.2 Å². The summed E-state index contributed by atoms with van der Waals surface area (Å²) < 4.78 is 16.8. The Bertz CT molecular complexity index is 756. The first-order chi connectivity index (χ1) is 13.7. The first-order valence-electron chi connectivity index (χ1n) is 10.0. The van der Waals surface area contributed by atoms with Gasteiger partial charge >= 0.3 is 0 Å². The average Bonchev–Trinajstić information content (AvgIpc) is 3.23. The van der Waals surface area contributed by atoms with Gasteiger partial charge in [-0.1, -0.05) is 18.2 Å². The SMILES string of the molecule is COc1cccc(OCCNC(=O)CCc2cccc(OC3CCCC3)c2)c1. The second-order valence-electron chi connectivity index (χ2n) is 7.05. The minimum Gasteiger partial charge on any atom is -0.497 e. The van der Waals surface area contributed by atoms with Crippen LogP contribution in [0, 0.1) is 0 Å². The van der Waals surface area contributed by atoms with E-state index >= 15 is 0 Å². The molecule has 1 aliphatic carbocycles. The number of aryl methyl sites for hydroxylation is 1. The largest absolute Gasteiger partial charge is 0.497 e. The van der Waals surface area contributed by atoms with E-state index in [0.717, 1.165) is 35.7 Å². The number of hydrogen-bond acceptors (Lipinski definition) is 4. The molecule has 1 N–H and O–H groups in total. The van der Waals surface area contributed by atoms with Gasteiger partial charge in [0.05, 0.1) is 19.8 Å². The van der Waals surface area contributed by atoms with Crippen molar-refractivity contribution in [3.63, 3.8) is 0 Å². The van der Waals surface area contributed by atoms with Crippen LogP contribution >= 0.6 is 0 Å². The standard InChI is InChI=1S/C23H29NO4/c1-26-20-9-5-10-21(17-20)27-15-14-24-23(25)13-12-18-6-4-11-22(16-18)28-19-7-2-3-8-19/h4-6,9-11,16-17,19H,2-3,7-8,12-15H2,1H3,(H,24,25). The summed E-state index contributed by atoms with van der Waals surface area (Å²) >= 11 is 0. The van der Waals surface area contributed by atoms with E-state index in [4.69, 9.17) is 14.2 Å². The van der Waals surface area contributed by atoms with Crippen molar-refractivity contribution in [1.29, 1.82) is 0 Å². The third-order valence-corrected chi connectivity index (χ3v) is 4.88. The van der Waals surface area contributed by atoms with Crippen LogP contribution in [0.1, 0.15) is 37.7 Å². The van der Waals surface area contributed by atoms with E-state index in [-0.39, 0.29) is 5.91 Å². The van der Waals surface area contributed by atoms with E-state index in [1.54, 1.807) is 7.11 Å². The zero-order valence-corrected chi connectivity index (χ0v) is 16.5. The monoisotopic (exact) mass is 383 g/mol. The molecule has 0 unspecified atom stereocenters. The third-order valence-electron chi connectivity index (χ3n) is 4.88. The minimum absolute atomic E-state index is 0.0244. The van der Waals surface area contributed by atoms with Gasteiger partial charge in [0.1, 0.15) is 23.9 Å². The molecule has 0 heterocycles. The van der Waals surface area contributed by atoms with Crippen LogP contribution in [0.3, 0.4) is 0 Å². The van der Waals surface area contributed by atoms with Crippen LogP contribution in [0.5, 0.6) is 17.2 Å². The van der Waals surface area contributed by atoms with Crippen LogP contribution in [0.2, 0.25) is 0 Å². The van der Waals surface area contributed by atoms with Crippen molar-refractivity contribution >= 4 is 5.91 Å². The fraction of sp³-hybridized carbons (Fsp3) is 0.435. The molecule has 1 amide bonds. The summed E-state index contributed by atoms with van der Waals surface area (Å²) in [6, 6.07) is 15.5. The number of carbonyl (C=O) groups excluding carboxylic acids is 1. The van der Waals surface area contributed by atoms with E-state index in [0.29, 0.717) is 32.1 Å². The maximum Gasteiger partial charge on any atom is 0.220 e.